The van der Waals surface area contributed by atoms with E-state index in [0.29, 0.717) is 5.92 Å². The third kappa shape index (κ3) is 2.88. The molecule has 1 aromatic carbocycles. The minimum absolute atomic E-state index is 0.129. The number of benzene rings is 1. The van der Waals surface area contributed by atoms with Gasteiger partial charge in [0.25, 0.3) is 0 Å². The van der Waals surface area contributed by atoms with Crippen molar-refractivity contribution in [1.82, 2.24) is 5.32 Å². The molecule has 2 rings (SSSR count). The number of carbonyl (C=O) groups is 1. The summed E-state index contributed by atoms with van der Waals surface area (Å²) in [5.41, 5.74) is -0.129. The highest BCUT2D eigenvalue weighted by Gasteiger charge is 2.19. The third-order valence-electron chi connectivity index (χ3n) is 3.19. The maximum absolute atomic E-state index is 13.3. The van der Waals surface area contributed by atoms with Crippen molar-refractivity contribution in [2.24, 2.45) is 5.92 Å². The van der Waals surface area contributed by atoms with Gasteiger partial charge < -0.3 is 5.32 Å². The van der Waals surface area contributed by atoms with E-state index in [1.54, 1.807) is 0 Å². The Hall–Kier alpha value is -1.29. The van der Waals surface area contributed by atoms with Crippen LogP contribution in [-0.4, -0.2) is 18.9 Å². The molecule has 1 aromatic rings. The third-order valence-corrected chi connectivity index (χ3v) is 3.19. The summed E-state index contributed by atoms with van der Waals surface area (Å²) in [6, 6.07) is 3.73. The van der Waals surface area contributed by atoms with Gasteiger partial charge in [0, 0.05) is 6.42 Å². The smallest absolute Gasteiger partial charge is 0.169 e. The predicted molar refractivity (Wildman–Crippen MR) is 60.9 cm³/mol. The molecule has 1 aliphatic rings. The minimum Gasteiger partial charge on any atom is -0.316 e. The van der Waals surface area contributed by atoms with Crippen molar-refractivity contribution in [2.75, 3.05) is 13.1 Å². The molecule has 0 radical (unpaired) electrons. The molecule has 0 bridgehead atoms. The quantitative estimate of drug-likeness (QED) is 0.818. The lowest BCUT2D eigenvalue weighted by atomic mass is 9.98. The molecule has 1 saturated heterocycles. The van der Waals surface area contributed by atoms with Gasteiger partial charge in [0.15, 0.2) is 17.4 Å². The van der Waals surface area contributed by atoms with Crippen LogP contribution in [0.3, 0.4) is 0 Å². The fourth-order valence-electron chi connectivity index (χ4n) is 2.15. The number of Topliss-reactive ketones (excluding diaryl/α,β-unsaturated/α-hetero) is 1. The van der Waals surface area contributed by atoms with Crippen molar-refractivity contribution < 1.29 is 13.6 Å². The Morgan fingerprint density at radius 1 is 1.41 bits per heavy atom. The first-order chi connectivity index (χ1) is 8.18. The Labute approximate surface area is 99.0 Å². The summed E-state index contributed by atoms with van der Waals surface area (Å²) in [7, 11) is 0. The van der Waals surface area contributed by atoms with E-state index >= 15 is 0 Å². The zero-order valence-electron chi connectivity index (χ0n) is 9.51. The summed E-state index contributed by atoms with van der Waals surface area (Å²) in [5, 5.41) is 3.21. The summed E-state index contributed by atoms with van der Waals surface area (Å²) < 4.78 is 26.3. The Morgan fingerprint density at radius 3 is 2.94 bits per heavy atom. The number of carbonyl (C=O) groups excluding carboxylic acids is 1. The van der Waals surface area contributed by atoms with E-state index in [4.69, 9.17) is 0 Å². The molecular formula is C13H15F2NO. The Morgan fingerprint density at radius 2 is 2.24 bits per heavy atom. The second-order valence-electron chi connectivity index (χ2n) is 4.42. The first-order valence-electron chi connectivity index (χ1n) is 5.86. The summed E-state index contributed by atoms with van der Waals surface area (Å²) >= 11 is 0. The van der Waals surface area contributed by atoms with Gasteiger partial charge in [-0.3, -0.25) is 4.79 Å². The molecule has 1 heterocycles. The van der Waals surface area contributed by atoms with Crippen molar-refractivity contribution in [2.45, 2.75) is 19.3 Å². The number of halogens is 2. The summed E-state index contributed by atoms with van der Waals surface area (Å²) in [5.74, 6) is -1.81. The largest absolute Gasteiger partial charge is 0.316 e. The summed E-state index contributed by atoms with van der Waals surface area (Å²) in [6.45, 7) is 1.89. The fraction of sp³-hybridized carbons (Fsp3) is 0.462. The van der Waals surface area contributed by atoms with Gasteiger partial charge in [0.05, 0.1) is 5.56 Å². The van der Waals surface area contributed by atoms with Crippen LogP contribution in [0, 0.1) is 17.6 Å². The van der Waals surface area contributed by atoms with Gasteiger partial charge >= 0.3 is 0 Å². The molecule has 92 valence electrons. The van der Waals surface area contributed by atoms with Crippen molar-refractivity contribution in [3.8, 4) is 0 Å². The SMILES string of the molecule is O=C(CCC1CCNC1)c1cccc(F)c1F. The fourth-order valence-corrected chi connectivity index (χ4v) is 2.15. The number of hydrogen-bond acceptors (Lipinski definition) is 2. The standard InChI is InChI=1S/C13H15F2NO/c14-11-3-1-2-10(13(11)15)12(17)5-4-9-6-7-16-8-9/h1-3,9,16H,4-8H2. The molecule has 0 spiro atoms. The molecule has 0 aromatic heterocycles. The molecule has 1 atom stereocenters. The topological polar surface area (TPSA) is 29.1 Å². The number of rotatable bonds is 4. The van der Waals surface area contributed by atoms with E-state index in [1.165, 1.54) is 12.1 Å². The minimum atomic E-state index is -1.03. The molecule has 0 aliphatic carbocycles. The van der Waals surface area contributed by atoms with Crippen molar-refractivity contribution in [1.29, 1.82) is 0 Å². The maximum atomic E-state index is 13.3. The molecule has 0 saturated carbocycles. The van der Waals surface area contributed by atoms with E-state index in [-0.39, 0.29) is 17.8 Å². The van der Waals surface area contributed by atoms with Crippen LogP contribution in [0.15, 0.2) is 18.2 Å². The van der Waals surface area contributed by atoms with Gasteiger partial charge in [0.1, 0.15) is 0 Å². The van der Waals surface area contributed by atoms with Crippen molar-refractivity contribution in [3.05, 3.63) is 35.4 Å². The molecule has 2 nitrogen and oxygen atoms in total. The molecule has 1 N–H and O–H groups in total. The van der Waals surface area contributed by atoms with E-state index in [9.17, 15) is 13.6 Å². The van der Waals surface area contributed by atoms with Crippen LogP contribution in [-0.2, 0) is 0 Å². The average Bonchev–Trinajstić information content (AvgIpc) is 2.82. The molecular weight excluding hydrogens is 224 g/mol. The molecule has 0 amide bonds. The second kappa shape index (κ2) is 5.36. The Balaban J connectivity index is 1.97. The van der Waals surface area contributed by atoms with E-state index < -0.39 is 11.6 Å². The van der Waals surface area contributed by atoms with Gasteiger partial charge in [-0.1, -0.05) is 6.07 Å². The summed E-state index contributed by atoms with van der Waals surface area (Å²) in [6.07, 6.45) is 2.08. The van der Waals surface area contributed by atoms with Gasteiger partial charge in [-0.05, 0) is 44.0 Å². The number of hydrogen-bond donors (Lipinski definition) is 1. The maximum Gasteiger partial charge on any atom is 0.169 e. The van der Waals surface area contributed by atoms with Crippen LogP contribution in [0.2, 0.25) is 0 Å². The highest BCUT2D eigenvalue weighted by Crippen LogP contribution is 2.18. The van der Waals surface area contributed by atoms with Gasteiger partial charge in [-0.2, -0.15) is 0 Å². The zero-order chi connectivity index (χ0) is 12.3. The molecule has 1 fully saturated rings. The Bertz CT molecular complexity index is 414. The van der Waals surface area contributed by atoms with Crippen LogP contribution >= 0.6 is 0 Å². The number of ketones is 1. The lowest BCUT2D eigenvalue weighted by Gasteiger charge is -2.07. The molecule has 17 heavy (non-hydrogen) atoms. The summed E-state index contributed by atoms with van der Waals surface area (Å²) in [4.78, 5) is 11.7. The van der Waals surface area contributed by atoms with Gasteiger partial charge in [0.2, 0.25) is 0 Å². The Kier molecular flexibility index (Phi) is 3.84. The van der Waals surface area contributed by atoms with Crippen LogP contribution in [0.4, 0.5) is 8.78 Å². The average molecular weight is 239 g/mol. The van der Waals surface area contributed by atoms with E-state index in [2.05, 4.69) is 5.32 Å². The monoisotopic (exact) mass is 239 g/mol. The van der Waals surface area contributed by atoms with E-state index in [0.717, 1.165) is 32.0 Å². The van der Waals surface area contributed by atoms with Crippen LogP contribution in [0.1, 0.15) is 29.6 Å². The first kappa shape index (κ1) is 12.2. The van der Waals surface area contributed by atoms with Crippen LogP contribution in [0.5, 0.6) is 0 Å². The predicted octanol–water partition coefficient (Wildman–Crippen LogP) is 2.54. The highest BCUT2D eigenvalue weighted by atomic mass is 19.2. The van der Waals surface area contributed by atoms with Crippen LogP contribution in [0.25, 0.3) is 0 Å². The zero-order valence-corrected chi connectivity index (χ0v) is 9.51. The normalized spacial score (nSPS) is 19.5. The number of nitrogens with one attached hydrogen (secondary N) is 1. The lowest BCUT2D eigenvalue weighted by molar-refractivity contribution is 0.0969. The second-order valence-corrected chi connectivity index (χ2v) is 4.42. The van der Waals surface area contributed by atoms with Crippen LogP contribution < -0.4 is 5.32 Å². The van der Waals surface area contributed by atoms with Crippen molar-refractivity contribution in [3.63, 3.8) is 0 Å². The highest BCUT2D eigenvalue weighted by molar-refractivity contribution is 5.96. The first-order valence-corrected chi connectivity index (χ1v) is 5.86. The van der Waals surface area contributed by atoms with Gasteiger partial charge in [-0.25, -0.2) is 8.78 Å². The van der Waals surface area contributed by atoms with Gasteiger partial charge in [-0.15, -0.1) is 0 Å². The lowest BCUT2D eigenvalue weighted by Crippen LogP contribution is -2.11. The van der Waals surface area contributed by atoms with E-state index in [1.807, 2.05) is 0 Å². The molecule has 1 unspecified atom stereocenters. The molecule has 4 heteroatoms. The van der Waals surface area contributed by atoms with Crippen molar-refractivity contribution >= 4 is 5.78 Å². The molecule has 1 aliphatic heterocycles.